The first-order chi connectivity index (χ1) is 17.0. The first kappa shape index (κ1) is 22.4. The summed E-state index contributed by atoms with van der Waals surface area (Å²) in [4.78, 5) is 26.3. The van der Waals surface area contributed by atoms with Crippen LogP contribution in [0.2, 0.25) is 0 Å². The lowest BCUT2D eigenvalue weighted by Gasteiger charge is -2.16. The third-order valence-corrected chi connectivity index (χ3v) is 5.61. The second kappa shape index (κ2) is 9.45. The Hall–Kier alpha value is -4.41. The molecule has 1 aliphatic heterocycles. The van der Waals surface area contributed by atoms with Gasteiger partial charge in [0.25, 0.3) is 0 Å². The van der Waals surface area contributed by atoms with Crippen molar-refractivity contribution in [3.8, 4) is 17.3 Å². The topological polar surface area (TPSA) is 102 Å². The molecule has 0 bridgehead atoms. The van der Waals surface area contributed by atoms with Crippen LogP contribution in [0.25, 0.3) is 17.0 Å². The van der Waals surface area contributed by atoms with Crippen LogP contribution in [-0.4, -0.2) is 51.3 Å². The number of nitrogens with one attached hydrogen (secondary N) is 1. The second-order valence-corrected chi connectivity index (χ2v) is 8.00. The molecule has 11 heteroatoms. The molecule has 1 saturated heterocycles. The van der Waals surface area contributed by atoms with Crippen molar-refractivity contribution in [3.63, 3.8) is 0 Å². The van der Waals surface area contributed by atoms with Gasteiger partial charge in [-0.15, -0.1) is 15.3 Å². The zero-order chi connectivity index (χ0) is 24.4. The first-order valence-corrected chi connectivity index (χ1v) is 10.9. The van der Waals surface area contributed by atoms with Crippen molar-refractivity contribution in [1.82, 2.24) is 25.1 Å². The van der Waals surface area contributed by atoms with Crippen molar-refractivity contribution in [2.24, 2.45) is 5.92 Å². The summed E-state index contributed by atoms with van der Waals surface area (Å²) in [5.74, 6) is -1.09. The molecule has 0 aliphatic carbocycles. The lowest BCUT2D eigenvalue weighted by molar-refractivity contribution is -0.126. The van der Waals surface area contributed by atoms with E-state index in [0.29, 0.717) is 22.7 Å². The number of rotatable bonds is 7. The van der Waals surface area contributed by atoms with Crippen LogP contribution in [0.1, 0.15) is 6.42 Å². The van der Waals surface area contributed by atoms with Crippen molar-refractivity contribution >= 4 is 23.1 Å². The van der Waals surface area contributed by atoms with E-state index in [0.717, 1.165) is 0 Å². The summed E-state index contributed by atoms with van der Waals surface area (Å²) in [5, 5.41) is 15.2. The highest BCUT2D eigenvalue weighted by Crippen LogP contribution is 2.25. The number of hydrogen-bond acceptors (Lipinski definition) is 6. The van der Waals surface area contributed by atoms with Gasteiger partial charge in [-0.2, -0.15) is 4.52 Å². The van der Waals surface area contributed by atoms with Crippen LogP contribution in [0.3, 0.4) is 0 Å². The molecule has 3 heterocycles. The van der Waals surface area contributed by atoms with E-state index in [9.17, 15) is 18.4 Å². The number of anilines is 1. The highest BCUT2D eigenvalue weighted by atomic mass is 19.1. The number of amides is 2. The molecule has 2 aromatic heterocycles. The molecule has 2 amide bonds. The van der Waals surface area contributed by atoms with Gasteiger partial charge in [-0.25, -0.2) is 8.78 Å². The molecule has 9 nitrogen and oxygen atoms in total. The number of fused-ring (bicyclic) bond motifs is 1. The summed E-state index contributed by atoms with van der Waals surface area (Å²) in [6.07, 6.45) is 0.0821. The molecule has 2 aromatic carbocycles. The van der Waals surface area contributed by atoms with Gasteiger partial charge in [0.05, 0.1) is 12.5 Å². The number of ether oxygens (including phenoxy) is 1. The van der Waals surface area contributed by atoms with Gasteiger partial charge in [-0.1, -0.05) is 12.1 Å². The van der Waals surface area contributed by atoms with E-state index in [1.165, 1.54) is 45.8 Å². The fourth-order valence-electron chi connectivity index (χ4n) is 3.88. The van der Waals surface area contributed by atoms with Gasteiger partial charge in [-0.3, -0.25) is 9.59 Å². The van der Waals surface area contributed by atoms with E-state index in [1.54, 1.807) is 24.3 Å². The third kappa shape index (κ3) is 4.79. The second-order valence-electron chi connectivity index (χ2n) is 8.00. The summed E-state index contributed by atoms with van der Waals surface area (Å²) in [6, 6.07) is 14.8. The van der Waals surface area contributed by atoms with Gasteiger partial charge in [0, 0.05) is 30.3 Å². The van der Waals surface area contributed by atoms with E-state index in [1.807, 2.05) is 0 Å². The predicted molar refractivity (Wildman–Crippen MR) is 122 cm³/mol. The van der Waals surface area contributed by atoms with Crippen molar-refractivity contribution in [2.75, 3.05) is 24.6 Å². The maximum atomic E-state index is 13.6. The van der Waals surface area contributed by atoms with Crippen LogP contribution in [0, 0.1) is 17.6 Å². The van der Waals surface area contributed by atoms with Crippen molar-refractivity contribution in [3.05, 3.63) is 72.3 Å². The molecule has 178 valence electrons. The molecule has 1 atom stereocenters. The molecule has 1 unspecified atom stereocenters. The zero-order valence-corrected chi connectivity index (χ0v) is 18.4. The Balaban J connectivity index is 1.16. The smallest absolute Gasteiger partial charge is 0.231 e. The van der Waals surface area contributed by atoms with E-state index in [-0.39, 0.29) is 43.8 Å². The largest absolute Gasteiger partial charge is 0.475 e. The van der Waals surface area contributed by atoms with Crippen LogP contribution in [0.5, 0.6) is 5.88 Å². The Morgan fingerprint density at radius 3 is 2.69 bits per heavy atom. The third-order valence-electron chi connectivity index (χ3n) is 5.61. The quantitative estimate of drug-likeness (QED) is 0.410. The van der Waals surface area contributed by atoms with Gasteiger partial charge in [-0.05, 0) is 42.5 Å². The molecule has 0 spiro atoms. The van der Waals surface area contributed by atoms with E-state index in [4.69, 9.17) is 4.74 Å². The van der Waals surface area contributed by atoms with Crippen LogP contribution >= 0.6 is 0 Å². The monoisotopic (exact) mass is 478 g/mol. The van der Waals surface area contributed by atoms with Gasteiger partial charge in [0.1, 0.15) is 18.2 Å². The summed E-state index contributed by atoms with van der Waals surface area (Å²) in [5.41, 5.74) is 1.56. The predicted octanol–water partition coefficient (Wildman–Crippen LogP) is 2.62. The maximum absolute atomic E-state index is 13.6. The summed E-state index contributed by atoms with van der Waals surface area (Å²) < 4.78 is 33.8. The van der Waals surface area contributed by atoms with Crippen molar-refractivity contribution in [1.29, 1.82) is 0 Å². The number of carbonyl (C=O) groups is 2. The average molecular weight is 478 g/mol. The minimum atomic E-state index is -0.507. The van der Waals surface area contributed by atoms with E-state index >= 15 is 0 Å². The van der Waals surface area contributed by atoms with Crippen LogP contribution < -0.4 is 15.0 Å². The maximum Gasteiger partial charge on any atom is 0.231 e. The average Bonchev–Trinajstić information content (AvgIpc) is 3.45. The number of hydrogen-bond donors (Lipinski definition) is 1. The SMILES string of the molecule is O=C(NCCOc1ccc2nnc(-c3cccc(F)c3)n2n1)C1CC(=O)N(c2ccc(F)cc2)C1. The lowest BCUT2D eigenvalue weighted by atomic mass is 10.1. The summed E-state index contributed by atoms with van der Waals surface area (Å²) in [6.45, 7) is 0.578. The lowest BCUT2D eigenvalue weighted by Crippen LogP contribution is -2.35. The minimum Gasteiger partial charge on any atom is -0.475 e. The number of halogens is 2. The molecule has 5 rings (SSSR count). The molecule has 35 heavy (non-hydrogen) atoms. The van der Waals surface area contributed by atoms with Crippen LogP contribution in [0.4, 0.5) is 14.5 Å². The van der Waals surface area contributed by atoms with Crippen molar-refractivity contribution < 1.29 is 23.1 Å². The fourth-order valence-corrected chi connectivity index (χ4v) is 3.88. The Labute approximate surface area is 198 Å². The summed E-state index contributed by atoms with van der Waals surface area (Å²) in [7, 11) is 0. The zero-order valence-electron chi connectivity index (χ0n) is 18.4. The van der Waals surface area contributed by atoms with Gasteiger partial charge < -0.3 is 15.0 Å². The number of aromatic nitrogens is 4. The van der Waals surface area contributed by atoms with E-state index < -0.39 is 17.6 Å². The standard InChI is InChI=1S/C24H20F2N6O3/c25-17-4-6-19(7-5-17)31-14-16(13-22(31)33)24(34)27-10-11-35-21-9-8-20-28-29-23(32(20)30-21)15-2-1-3-18(26)12-15/h1-9,12,16H,10-11,13-14H2,(H,27,34). The Morgan fingerprint density at radius 1 is 1.06 bits per heavy atom. The first-order valence-electron chi connectivity index (χ1n) is 10.9. The molecular formula is C24H20F2N6O3. The van der Waals surface area contributed by atoms with E-state index in [2.05, 4.69) is 20.6 Å². The van der Waals surface area contributed by atoms with Gasteiger partial charge in [0.2, 0.25) is 17.7 Å². The molecule has 0 radical (unpaired) electrons. The highest BCUT2D eigenvalue weighted by molar-refractivity contribution is 6.00. The molecule has 0 saturated carbocycles. The Bertz CT molecular complexity index is 1390. The molecule has 1 aliphatic rings. The minimum absolute atomic E-state index is 0.0821. The Morgan fingerprint density at radius 2 is 1.89 bits per heavy atom. The number of carbonyl (C=O) groups excluding carboxylic acids is 2. The van der Waals surface area contributed by atoms with Gasteiger partial charge >= 0.3 is 0 Å². The molecule has 1 fully saturated rings. The number of benzene rings is 2. The molecule has 1 N–H and O–H groups in total. The Kier molecular flexibility index (Phi) is 6.04. The number of nitrogens with zero attached hydrogens (tertiary/aromatic N) is 5. The van der Waals surface area contributed by atoms with Crippen LogP contribution in [0.15, 0.2) is 60.7 Å². The molecular weight excluding hydrogens is 458 g/mol. The highest BCUT2D eigenvalue weighted by Gasteiger charge is 2.35. The fraction of sp³-hybridized carbons (Fsp3) is 0.208. The van der Waals surface area contributed by atoms with Crippen molar-refractivity contribution in [2.45, 2.75) is 6.42 Å². The normalized spacial score (nSPS) is 15.5. The van der Waals surface area contributed by atoms with Gasteiger partial charge in [0.15, 0.2) is 11.5 Å². The summed E-state index contributed by atoms with van der Waals surface area (Å²) >= 11 is 0. The van der Waals surface area contributed by atoms with Crippen LogP contribution in [-0.2, 0) is 9.59 Å². The molecule has 4 aromatic rings.